The molecule has 0 aliphatic rings. The summed E-state index contributed by atoms with van der Waals surface area (Å²) in [7, 11) is 1.63. The van der Waals surface area contributed by atoms with Crippen LogP contribution >= 0.6 is 0 Å². The monoisotopic (exact) mass is 296 g/mol. The number of carbonyl (C=O) groups excluding carboxylic acids is 1. The first-order valence-electron chi connectivity index (χ1n) is 7.06. The average molecular weight is 296 g/mol. The number of hydrogen-bond acceptors (Lipinski definition) is 4. The number of methoxy groups -OCH3 is 1. The third-order valence-electron chi connectivity index (χ3n) is 3.40. The van der Waals surface area contributed by atoms with Gasteiger partial charge in [0.25, 0.3) is 0 Å². The molecule has 0 bridgehead atoms. The van der Waals surface area contributed by atoms with Gasteiger partial charge in [-0.3, -0.25) is 0 Å². The average Bonchev–Trinajstić information content (AvgIpc) is 2.98. The molecule has 0 aliphatic carbocycles. The normalized spacial score (nSPS) is 10.6. The first-order valence-corrected chi connectivity index (χ1v) is 7.06. The molecule has 3 aromatic rings. The van der Waals surface area contributed by atoms with E-state index in [2.05, 4.69) is 0 Å². The first-order chi connectivity index (χ1) is 10.7. The van der Waals surface area contributed by atoms with Crippen LogP contribution in [0, 0.1) is 0 Å². The molecule has 0 unspecified atom stereocenters. The number of benzene rings is 2. The fourth-order valence-electron chi connectivity index (χ4n) is 2.28. The van der Waals surface area contributed by atoms with Crippen LogP contribution in [-0.4, -0.2) is 19.7 Å². The summed E-state index contributed by atoms with van der Waals surface area (Å²) in [6.45, 7) is 2.15. The Bertz CT molecular complexity index is 800. The number of fused-ring (bicyclic) bond motifs is 1. The fourth-order valence-corrected chi connectivity index (χ4v) is 2.28. The molecule has 3 rings (SSSR count). The van der Waals surface area contributed by atoms with E-state index in [4.69, 9.17) is 13.9 Å². The summed E-state index contributed by atoms with van der Waals surface area (Å²) in [6, 6.07) is 14.8. The van der Waals surface area contributed by atoms with Gasteiger partial charge in [-0.1, -0.05) is 0 Å². The maximum absolute atomic E-state index is 11.8. The zero-order chi connectivity index (χ0) is 15.5. The van der Waals surface area contributed by atoms with Crippen LogP contribution in [0.15, 0.2) is 52.9 Å². The molecule has 2 aromatic carbocycles. The highest BCUT2D eigenvalue weighted by molar-refractivity contribution is 5.95. The van der Waals surface area contributed by atoms with E-state index in [-0.39, 0.29) is 5.97 Å². The van der Waals surface area contributed by atoms with Crippen molar-refractivity contribution in [1.82, 2.24) is 0 Å². The van der Waals surface area contributed by atoms with Crippen molar-refractivity contribution in [2.75, 3.05) is 13.7 Å². The highest BCUT2D eigenvalue weighted by atomic mass is 16.5. The lowest BCUT2D eigenvalue weighted by Gasteiger charge is -2.00. The van der Waals surface area contributed by atoms with Crippen molar-refractivity contribution in [2.24, 2.45) is 0 Å². The van der Waals surface area contributed by atoms with Crippen LogP contribution < -0.4 is 4.74 Å². The van der Waals surface area contributed by atoms with E-state index in [1.165, 1.54) is 0 Å². The van der Waals surface area contributed by atoms with Gasteiger partial charge in [0.1, 0.15) is 17.1 Å². The van der Waals surface area contributed by atoms with Gasteiger partial charge in [0.05, 0.1) is 19.3 Å². The summed E-state index contributed by atoms with van der Waals surface area (Å²) >= 11 is 0. The topological polar surface area (TPSA) is 48.7 Å². The summed E-state index contributed by atoms with van der Waals surface area (Å²) < 4.78 is 16.0. The zero-order valence-corrected chi connectivity index (χ0v) is 12.5. The number of furan rings is 1. The summed E-state index contributed by atoms with van der Waals surface area (Å²) in [6.07, 6.45) is 0. The third-order valence-corrected chi connectivity index (χ3v) is 3.40. The van der Waals surface area contributed by atoms with Gasteiger partial charge in [0.2, 0.25) is 0 Å². The summed E-state index contributed by atoms with van der Waals surface area (Å²) in [4.78, 5) is 11.8. The van der Waals surface area contributed by atoms with E-state index in [0.29, 0.717) is 12.2 Å². The molecule has 0 N–H and O–H groups in total. The molecule has 0 aliphatic heterocycles. The number of hydrogen-bond donors (Lipinski definition) is 0. The number of rotatable bonds is 4. The van der Waals surface area contributed by atoms with Crippen molar-refractivity contribution in [2.45, 2.75) is 6.92 Å². The maximum Gasteiger partial charge on any atom is 0.338 e. The van der Waals surface area contributed by atoms with Gasteiger partial charge in [0.15, 0.2) is 0 Å². The number of carbonyl (C=O) groups is 1. The molecule has 0 saturated carbocycles. The number of ether oxygens (including phenoxy) is 2. The van der Waals surface area contributed by atoms with Gasteiger partial charge >= 0.3 is 5.97 Å². The minimum Gasteiger partial charge on any atom is -0.497 e. The van der Waals surface area contributed by atoms with Gasteiger partial charge < -0.3 is 13.9 Å². The van der Waals surface area contributed by atoms with Crippen LogP contribution in [-0.2, 0) is 4.74 Å². The molecule has 0 atom stereocenters. The Labute approximate surface area is 128 Å². The lowest BCUT2D eigenvalue weighted by atomic mass is 10.1. The molecule has 112 valence electrons. The molecule has 1 aromatic heterocycles. The van der Waals surface area contributed by atoms with Crippen molar-refractivity contribution in [3.63, 3.8) is 0 Å². The van der Waals surface area contributed by atoms with Crippen molar-refractivity contribution in [3.8, 4) is 17.1 Å². The van der Waals surface area contributed by atoms with Crippen LogP contribution in [0.4, 0.5) is 0 Å². The molecule has 4 heteroatoms. The third kappa shape index (κ3) is 2.68. The molecule has 0 spiro atoms. The maximum atomic E-state index is 11.8. The Hall–Kier alpha value is -2.75. The van der Waals surface area contributed by atoms with Crippen molar-refractivity contribution >= 4 is 16.9 Å². The van der Waals surface area contributed by atoms with Crippen molar-refractivity contribution < 1.29 is 18.7 Å². The largest absolute Gasteiger partial charge is 0.497 e. The second-order valence-corrected chi connectivity index (χ2v) is 4.81. The van der Waals surface area contributed by atoms with Crippen LogP contribution in [0.5, 0.6) is 5.75 Å². The summed E-state index contributed by atoms with van der Waals surface area (Å²) in [5.74, 6) is 1.22. The second-order valence-electron chi connectivity index (χ2n) is 4.81. The van der Waals surface area contributed by atoms with Crippen molar-refractivity contribution in [1.29, 1.82) is 0 Å². The molecule has 0 fully saturated rings. The standard InChI is InChI=1S/C18H16O4/c1-3-21-18(19)13-6-9-16-14(10-13)11-17(22-16)12-4-7-15(20-2)8-5-12/h4-11H,3H2,1-2H3. The van der Waals surface area contributed by atoms with Gasteiger partial charge in [-0.05, 0) is 55.5 Å². The van der Waals surface area contributed by atoms with E-state index in [0.717, 1.165) is 28.0 Å². The summed E-state index contributed by atoms with van der Waals surface area (Å²) in [5.41, 5.74) is 2.21. The molecule has 4 nitrogen and oxygen atoms in total. The van der Waals surface area contributed by atoms with E-state index >= 15 is 0 Å². The molecule has 0 saturated heterocycles. The van der Waals surface area contributed by atoms with Gasteiger partial charge in [0, 0.05) is 10.9 Å². The Morgan fingerprint density at radius 3 is 2.55 bits per heavy atom. The Morgan fingerprint density at radius 2 is 1.86 bits per heavy atom. The van der Waals surface area contributed by atoms with E-state index in [1.807, 2.05) is 30.3 Å². The van der Waals surface area contributed by atoms with Crippen LogP contribution in [0.25, 0.3) is 22.3 Å². The van der Waals surface area contributed by atoms with E-state index < -0.39 is 0 Å². The lowest BCUT2D eigenvalue weighted by Crippen LogP contribution is -2.03. The number of esters is 1. The van der Waals surface area contributed by atoms with Crippen LogP contribution in [0.3, 0.4) is 0 Å². The molecule has 0 radical (unpaired) electrons. The molecule has 0 amide bonds. The Kier molecular flexibility index (Phi) is 3.83. The smallest absolute Gasteiger partial charge is 0.338 e. The molecule has 1 heterocycles. The van der Waals surface area contributed by atoms with E-state index in [1.54, 1.807) is 32.2 Å². The Morgan fingerprint density at radius 1 is 1.09 bits per heavy atom. The highest BCUT2D eigenvalue weighted by Crippen LogP contribution is 2.29. The predicted octanol–water partition coefficient (Wildman–Crippen LogP) is 4.29. The van der Waals surface area contributed by atoms with Gasteiger partial charge in [-0.15, -0.1) is 0 Å². The second kappa shape index (κ2) is 5.93. The Balaban J connectivity index is 1.96. The van der Waals surface area contributed by atoms with Gasteiger partial charge in [-0.25, -0.2) is 4.79 Å². The SMILES string of the molecule is CCOC(=O)c1ccc2oc(-c3ccc(OC)cc3)cc2c1. The highest BCUT2D eigenvalue weighted by Gasteiger charge is 2.11. The molecule has 22 heavy (non-hydrogen) atoms. The first kappa shape index (κ1) is 14.2. The van der Waals surface area contributed by atoms with Gasteiger partial charge in [-0.2, -0.15) is 0 Å². The zero-order valence-electron chi connectivity index (χ0n) is 12.5. The van der Waals surface area contributed by atoms with Crippen molar-refractivity contribution in [3.05, 3.63) is 54.1 Å². The quantitative estimate of drug-likeness (QED) is 0.674. The predicted molar refractivity (Wildman–Crippen MR) is 84.2 cm³/mol. The van der Waals surface area contributed by atoms with E-state index in [9.17, 15) is 4.79 Å². The molecular formula is C18H16O4. The fraction of sp³-hybridized carbons (Fsp3) is 0.167. The van der Waals surface area contributed by atoms with Crippen LogP contribution in [0.1, 0.15) is 17.3 Å². The summed E-state index contributed by atoms with van der Waals surface area (Å²) in [5, 5.41) is 0.872. The minimum atomic E-state index is -0.323. The minimum absolute atomic E-state index is 0.323. The van der Waals surface area contributed by atoms with Crippen LogP contribution in [0.2, 0.25) is 0 Å². The lowest BCUT2D eigenvalue weighted by molar-refractivity contribution is 0.0526. The molecular weight excluding hydrogens is 280 g/mol.